The Morgan fingerprint density at radius 2 is 2.14 bits per heavy atom. The van der Waals surface area contributed by atoms with Gasteiger partial charge in [-0.3, -0.25) is 9.58 Å². The van der Waals surface area contributed by atoms with Gasteiger partial charge in [0, 0.05) is 25.7 Å². The summed E-state index contributed by atoms with van der Waals surface area (Å²) in [6.45, 7) is 11.7. The van der Waals surface area contributed by atoms with Crippen molar-refractivity contribution in [1.82, 2.24) is 20.0 Å². The summed E-state index contributed by atoms with van der Waals surface area (Å²) in [6.07, 6.45) is 4.67. The zero-order valence-corrected chi connectivity index (χ0v) is 14.4. The first-order chi connectivity index (χ1) is 10.2. The maximum Gasteiger partial charge on any atom is 0.0863 e. The van der Waals surface area contributed by atoms with Crippen molar-refractivity contribution in [3.63, 3.8) is 0 Å². The van der Waals surface area contributed by atoms with Crippen LogP contribution in [0.4, 0.5) is 0 Å². The fourth-order valence-electron chi connectivity index (χ4n) is 3.14. The largest absolute Gasteiger partial charge is 0.315 e. The van der Waals surface area contributed by atoms with Gasteiger partial charge < -0.3 is 5.32 Å². The number of hydrogen-bond acceptors (Lipinski definition) is 3. The average Bonchev–Trinajstić information content (AvgIpc) is 3.05. The third-order valence-electron chi connectivity index (χ3n) is 4.35. The van der Waals surface area contributed by atoms with Crippen LogP contribution in [0.5, 0.6) is 0 Å². The topological polar surface area (TPSA) is 33.1 Å². The van der Waals surface area contributed by atoms with Gasteiger partial charge in [-0.25, -0.2) is 0 Å². The van der Waals surface area contributed by atoms with Gasteiger partial charge in [-0.15, -0.1) is 0 Å². The molecule has 2 heterocycles. The molecule has 1 aromatic rings. The second-order valence-electron chi connectivity index (χ2n) is 5.85. The summed E-state index contributed by atoms with van der Waals surface area (Å²) in [5.74, 6) is 0. The van der Waals surface area contributed by atoms with Crippen molar-refractivity contribution in [3.8, 4) is 0 Å². The Balaban J connectivity index is 2.04. The molecule has 0 bridgehead atoms. The summed E-state index contributed by atoms with van der Waals surface area (Å²) >= 11 is 6.54. The smallest absolute Gasteiger partial charge is 0.0863 e. The van der Waals surface area contributed by atoms with Gasteiger partial charge in [-0.2, -0.15) is 5.10 Å². The minimum atomic E-state index is 0.637. The molecule has 4 nitrogen and oxygen atoms in total. The van der Waals surface area contributed by atoms with Crippen molar-refractivity contribution in [3.05, 3.63) is 16.4 Å². The van der Waals surface area contributed by atoms with Gasteiger partial charge in [-0.05, 0) is 45.7 Å². The monoisotopic (exact) mass is 312 g/mol. The molecule has 0 saturated carbocycles. The minimum absolute atomic E-state index is 0.637. The van der Waals surface area contributed by atoms with E-state index in [-0.39, 0.29) is 0 Å². The van der Waals surface area contributed by atoms with E-state index >= 15 is 0 Å². The number of halogens is 1. The van der Waals surface area contributed by atoms with Crippen LogP contribution in [0.2, 0.25) is 5.02 Å². The molecule has 1 fully saturated rings. The third kappa shape index (κ3) is 3.99. The number of rotatable bonds is 8. The standard InChI is InChI=1S/C16H29ClN4/c1-4-9-18-11-13-8-7-10-20(13)12-15-16(17)14(5-2)19-21(15)6-3/h13,18H,4-12H2,1-3H3. The molecule has 2 rings (SSSR count). The Kier molecular flexibility index (Phi) is 6.52. The zero-order chi connectivity index (χ0) is 15.2. The number of aryl methyl sites for hydroxylation is 2. The van der Waals surface area contributed by atoms with E-state index in [1.165, 1.54) is 31.5 Å². The van der Waals surface area contributed by atoms with E-state index in [9.17, 15) is 0 Å². The molecule has 21 heavy (non-hydrogen) atoms. The number of nitrogens with zero attached hydrogens (tertiary/aromatic N) is 3. The fraction of sp³-hybridized carbons (Fsp3) is 0.812. The number of aromatic nitrogens is 2. The lowest BCUT2D eigenvalue weighted by molar-refractivity contribution is 0.232. The Hall–Kier alpha value is -0.580. The first-order valence-electron chi connectivity index (χ1n) is 8.40. The van der Waals surface area contributed by atoms with Crippen molar-refractivity contribution in [2.75, 3.05) is 19.6 Å². The van der Waals surface area contributed by atoms with Crippen LogP contribution in [0.25, 0.3) is 0 Å². The first kappa shape index (κ1) is 16.8. The van der Waals surface area contributed by atoms with Crippen LogP contribution in [-0.2, 0) is 19.5 Å². The molecule has 0 aromatic carbocycles. The summed E-state index contributed by atoms with van der Waals surface area (Å²) in [5.41, 5.74) is 2.23. The molecule has 0 amide bonds. The highest BCUT2D eigenvalue weighted by atomic mass is 35.5. The zero-order valence-electron chi connectivity index (χ0n) is 13.7. The van der Waals surface area contributed by atoms with E-state index in [2.05, 4.69) is 40.8 Å². The minimum Gasteiger partial charge on any atom is -0.315 e. The van der Waals surface area contributed by atoms with Crippen molar-refractivity contribution in [2.45, 2.75) is 65.6 Å². The van der Waals surface area contributed by atoms with E-state index in [4.69, 9.17) is 11.6 Å². The highest BCUT2D eigenvalue weighted by Gasteiger charge is 2.26. The van der Waals surface area contributed by atoms with Crippen LogP contribution in [-0.4, -0.2) is 40.4 Å². The van der Waals surface area contributed by atoms with Crippen LogP contribution in [0, 0.1) is 0 Å². The van der Waals surface area contributed by atoms with Gasteiger partial charge in [-0.1, -0.05) is 25.4 Å². The lowest BCUT2D eigenvalue weighted by Crippen LogP contribution is -2.38. The maximum absolute atomic E-state index is 6.54. The normalized spacial score (nSPS) is 19.5. The molecular weight excluding hydrogens is 284 g/mol. The molecule has 1 aliphatic heterocycles. The quantitative estimate of drug-likeness (QED) is 0.749. The van der Waals surface area contributed by atoms with Crippen LogP contribution >= 0.6 is 11.6 Å². The van der Waals surface area contributed by atoms with Crippen LogP contribution in [0.3, 0.4) is 0 Å². The van der Waals surface area contributed by atoms with Crippen LogP contribution in [0.1, 0.15) is 51.4 Å². The van der Waals surface area contributed by atoms with Crippen molar-refractivity contribution < 1.29 is 0 Å². The summed E-state index contributed by atoms with van der Waals surface area (Å²) in [4.78, 5) is 2.57. The van der Waals surface area contributed by atoms with Gasteiger partial charge in [0.2, 0.25) is 0 Å². The van der Waals surface area contributed by atoms with Gasteiger partial charge >= 0.3 is 0 Å². The van der Waals surface area contributed by atoms with E-state index in [1.54, 1.807) is 0 Å². The molecule has 0 spiro atoms. The number of hydrogen-bond donors (Lipinski definition) is 1. The summed E-state index contributed by atoms with van der Waals surface area (Å²) in [6, 6.07) is 0.637. The molecule has 5 heteroatoms. The van der Waals surface area contributed by atoms with Gasteiger partial charge in [0.25, 0.3) is 0 Å². The molecular formula is C16H29ClN4. The highest BCUT2D eigenvalue weighted by molar-refractivity contribution is 6.31. The Bertz CT molecular complexity index is 444. The molecule has 1 atom stereocenters. The average molecular weight is 313 g/mol. The fourth-order valence-corrected chi connectivity index (χ4v) is 3.47. The lowest BCUT2D eigenvalue weighted by Gasteiger charge is -2.25. The van der Waals surface area contributed by atoms with Gasteiger partial charge in [0.15, 0.2) is 0 Å². The molecule has 1 aromatic heterocycles. The molecule has 0 radical (unpaired) electrons. The molecule has 1 aliphatic rings. The van der Waals surface area contributed by atoms with E-state index in [0.29, 0.717) is 6.04 Å². The Labute approximate surface area is 133 Å². The molecule has 0 aliphatic carbocycles. The second-order valence-corrected chi connectivity index (χ2v) is 6.23. The van der Waals surface area contributed by atoms with Gasteiger partial charge in [0.05, 0.1) is 16.4 Å². The van der Waals surface area contributed by atoms with Crippen LogP contribution < -0.4 is 5.32 Å². The predicted octanol–water partition coefficient (Wildman–Crippen LogP) is 3.08. The lowest BCUT2D eigenvalue weighted by atomic mass is 10.2. The number of nitrogens with one attached hydrogen (secondary N) is 1. The predicted molar refractivity (Wildman–Crippen MR) is 88.9 cm³/mol. The summed E-state index contributed by atoms with van der Waals surface area (Å²) in [7, 11) is 0. The molecule has 1 unspecified atom stereocenters. The van der Waals surface area contributed by atoms with Crippen molar-refractivity contribution in [2.24, 2.45) is 0 Å². The Morgan fingerprint density at radius 3 is 2.81 bits per heavy atom. The van der Waals surface area contributed by atoms with E-state index in [0.717, 1.165) is 43.3 Å². The first-order valence-corrected chi connectivity index (χ1v) is 8.77. The SMILES string of the molecule is CCCNCC1CCCN1Cc1c(Cl)c(CC)nn1CC. The third-order valence-corrected chi connectivity index (χ3v) is 4.79. The second kappa shape index (κ2) is 8.16. The highest BCUT2D eigenvalue weighted by Crippen LogP contribution is 2.26. The molecule has 1 saturated heterocycles. The van der Waals surface area contributed by atoms with Crippen LogP contribution in [0.15, 0.2) is 0 Å². The van der Waals surface area contributed by atoms with E-state index < -0.39 is 0 Å². The van der Waals surface area contributed by atoms with E-state index in [1.807, 2.05) is 0 Å². The van der Waals surface area contributed by atoms with Gasteiger partial charge in [0.1, 0.15) is 0 Å². The maximum atomic E-state index is 6.54. The summed E-state index contributed by atoms with van der Waals surface area (Å²) in [5, 5.41) is 9.07. The van der Waals surface area contributed by atoms with Crippen molar-refractivity contribution >= 4 is 11.6 Å². The van der Waals surface area contributed by atoms with Crippen molar-refractivity contribution in [1.29, 1.82) is 0 Å². The molecule has 120 valence electrons. The molecule has 1 N–H and O–H groups in total. The summed E-state index contributed by atoms with van der Waals surface area (Å²) < 4.78 is 2.08. The Morgan fingerprint density at radius 1 is 1.33 bits per heavy atom. The number of likely N-dealkylation sites (tertiary alicyclic amines) is 1.